The zero-order valence-corrected chi connectivity index (χ0v) is 15.2. The lowest BCUT2D eigenvalue weighted by Gasteiger charge is -2.19. The van der Waals surface area contributed by atoms with E-state index in [0.29, 0.717) is 5.82 Å². The smallest absolute Gasteiger partial charge is 0.296 e. The lowest BCUT2D eigenvalue weighted by Crippen LogP contribution is -2.41. The second-order valence-corrected chi connectivity index (χ2v) is 6.84. The summed E-state index contributed by atoms with van der Waals surface area (Å²) in [5.41, 5.74) is 4.98. The number of nitrogens with zero attached hydrogens (tertiary/aromatic N) is 2. The third-order valence-corrected chi connectivity index (χ3v) is 4.31. The van der Waals surface area contributed by atoms with Gasteiger partial charge in [-0.2, -0.15) is 4.98 Å². The minimum atomic E-state index is -3.26. The molecule has 1 heterocycles. The van der Waals surface area contributed by atoms with Crippen molar-refractivity contribution in [2.24, 2.45) is 11.7 Å². The molecule has 10 heteroatoms. The summed E-state index contributed by atoms with van der Waals surface area (Å²) < 4.78 is 32.5. The van der Waals surface area contributed by atoms with Crippen LogP contribution in [0.1, 0.15) is 68.4 Å². The van der Waals surface area contributed by atoms with Gasteiger partial charge in [0.1, 0.15) is 0 Å². The number of aromatic nitrogens is 2. The largest absolute Gasteiger partial charge is 0.369 e. The molecule has 8 nitrogen and oxygen atoms in total. The molecule has 0 spiro atoms. The van der Waals surface area contributed by atoms with E-state index in [1.165, 1.54) is 6.92 Å². The summed E-state index contributed by atoms with van der Waals surface area (Å²) in [5.74, 6) is -6.01. The first-order chi connectivity index (χ1) is 12.6. The normalized spacial score (nSPS) is 16.6. The van der Waals surface area contributed by atoms with Crippen LogP contribution in [0, 0.1) is 12.3 Å². The van der Waals surface area contributed by atoms with E-state index in [2.05, 4.69) is 15.5 Å². The van der Waals surface area contributed by atoms with Crippen LogP contribution in [0.4, 0.5) is 8.78 Å². The Labute approximate surface area is 155 Å². The van der Waals surface area contributed by atoms with Crippen molar-refractivity contribution in [1.29, 1.82) is 0 Å². The van der Waals surface area contributed by atoms with Crippen molar-refractivity contribution in [3.8, 4) is 0 Å². The standard InChI is InChI=1S/C17H23F2N4O4/c1-3-11(13(25)16-22-15(23-27-16)10-4-5-10)21-12(24)6-7-17(18,19)8-9(2)14(20)26/h6,9-11H,3-5,7-8H2,1-2H3,(H2,20,26)(H,21,24). The SMILES string of the molecule is CCC(NC(=O)[CH]CC(F)(F)CC(C)C(N)=O)C(=O)c1nc(C2CC2)no1. The van der Waals surface area contributed by atoms with Gasteiger partial charge in [0.2, 0.25) is 23.5 Å². The summed E-state index contributed by atoms with van der Waals surface area (Å²) in [6, 6.07) is -0.959. The Kier molecular flexibility index (Phi) is 6.61. The van der Waals surface area contributed by atoms with Crippen LogP contribution in [-0.4, -0.2) is 39.7 Å². The second kappa shape index (κ2) is 8.53. The molecule has 0 bridgehead atoms. The van der Waals surface area contributed by atoms with E-state index in [1.807, 2.05) is 0 Å². The van der Waals surface area contributed by atoms with Crippen LogP contribution in [0.15, 0.2) is 4.52 Å². The van der Waals surface area contributed by atoms with E-state index < -0.39 is 48.3 Å². The molecule has 2 unspecified atom stereocenters. The van der Waals surface area contributed by atoms with Gasteiger partial charge in [0.15, 0.2) is 5.82 Å². The van der Waals surface area contributed by atoms with E-state index in [0.717, 1.165) is 19.3 Å². The zero-order valence-electron chi connectivity index (χ0n) is 15.2. The number of carbonyl (C=O) groups is 3. The molecule has 1 aromatic rings. The quantitative estimate of drug-likeness (QED) is 0.559. The number of ketones is 1. The second-order valence-electron chi connectivity index (χ2n) is 6.84. The first-order valence-corrected chi connectivity index (χ1v) is 8.81. The molecule has 1 saturated carbocycles. The van der Waals surface area contributed by atoms with Crippen molar-refractivity contribution in [3.05, 3.63) is 18.1 Å². The van der Waals surface area contributed by atoms with Crippen LogP contribution in [0.5, 0.6) is 0 Å². The molecule has 1 aliphatic rings. The molecule has 0 saturated heterocycles. The number of hydrogen-bond donors (Lipinski definition) is 2. The molecule has 1 aliphatic carbocycles. The maximum atomic E-state index is 13.8. The van der Waals surface area contributed by atoms with Crippen LogP contribution < -0.4 is 11.1 Å². The maximum absolute atomic E-state index is 13.8. The highest BCUT2D eigenvalue weighted by atomic mass is 19.3. The summed E-state index contributed by atoms with van der Waals surface area (Å²) in [4.78, 5) is 39.2. The Bertz CT molecular complexity index is 703. The van der Waals surface area contributed by atoms with E-state index in [9.17, 15) is 23.2 Å². The molecular weight excluding hydrogens is 362 g/mol. The summed E-state index contributed by atoms with van der Waals surface area (Å²) >= 11 is 0. The predicted octanol–water partition coefficient (Wildman–Crippen LogP) is 1.77. The van der Waals surface area contributed by atoms with Crippen LogP contribution in [0.2, 0.25) is 0 Å². The van der Waals surface area contributed by atoms with E-state index >= 15 is 0 Å². The number of nitrogens with one attached hydrogen (secondary N) is 1. The molecule has 1 aromatic heterocycles. The van der Waals surface area contributed by atoms with Gasteiger partial charge in [0.25, 0.3) is 5.89 Å². The number of primary amides is 1. The fourth-order valence-corrected chi connectivity index (χ4v) is 2.45. The van der Waals surface area contributed by atoms with Crippen LogP contribution in [0.3, 0.4) is 0 Å². The molecule has 0 aromatic carbocycles. The van der Waals surface area contributed by atoms with Gasteiger partial charge in [-0.1, -0.05) is 19.0 Å². The average molecular weight is 385 g/mol. The Morgan fingerprint density at radius 2 is 2.07 bits per heavy atom. The predicted molar refractivity (Wildman–Crippen MR) is 89.7 cm³/mol. The molecule has 149 valence electrons. The Morgan fingerprint density at radius 1 is 1.41 bits per heavy atom. The van der Waals surface area contributed by atoms with Crippen molar-refractivity contribution in [3.63, 3.8) is 0 Å². The van der Waals surface area contributed by atoms with Crippen LogP contribution in [0.25, 0.3) is 0 Å². The summed E-state index contributed by atoms with van der Waals surface area (Å²) in [6.07, 6.45) is 1.25. The molecule has 1 radical (unpaired) electrons. The monoisotopic (exact) mass is 385 g/mol. The van der Waals surface area contributed by atoms with Gasteiger partial charge in [-0.15, -0.1) is 0 Å². The third-order valence-electron chi connectivity index (χ3n) is 4.31. The Balaban J connectivity index is 1.86. The fourth-order valence-electron chi connectivity index (χ4n) is 2.45. The number of alkyl halides is 2. The summed E-state index contributed by atoms with van der Waals surface area (Å²) in [6.45, 7) is 2.95. The molecule has 1 fully saturated rings. The van der Waals surface area contributed by atoms with Crippen molar-refractivity contribution >= 4 is 17.6 Å². The Morgan fingerprint density at radius 3 is 2.63 bits per heavy atom. The van der Waals surface area contributed by atoms with Gasteiger partial charge in [0, 0.05) is 24.7 Å². The maximum Gasteiger partial charge on any atom is 0.296 e. The Hall–Kier alpha value is -2.39. The first kappa shape index (κ1) is 20.9. The molecule has 2 rings (SSSR count). The molecule has 27 heavy (non-hydrogen) atoms. The highest BCUT2D eigenvalue weighted by Gasteiger charge is 2.35. The van der Waals surface area contributed by atoms with Crippen LogP contribution >= 0.6 is 0 Å². The lowest BCUT2D eigenvalue weighted by molar-refractivity contribution is -0.125. The number of Topliss-reactive ketones (excluding diaryl/α,β-unsaturated/α-hetero) is 1. The number of amides is 2. The number of carbonyl (C=O) groups excluding carboxylic acids is 3. The fraction of sp³-hybridized carbons (Fsp3) is 0.647. The minimum Gasteiger partial charge on any atom is -0.369 e. The van der Waals surface area contributed by atoms with E-state index in [-0.39, 0.29) is 18.2 Å². The van der Waals surface area contributed by atoms with E-state index in [1.54, 1.807) is 6.92 Å². The van der Waals surface area contributed by atoms with Crippen molar-refractivity contribution in [2.75, 3.05) is 0 Å². The van der Waals surface area contributed by atoms with Crippen molar-refractivity contribution in [2.45, 2.75) is 63.8 Å². The lowest BCUT2D eigenvalue weighted by atomic mass is 9.99. The first-order valence-electron chi connectivity index (χ1n) is 8.81. The highest BCUT2D eigenvalue weighted by Crippen LogP contribution is 2.38. The number of hydrogen-bond acceptors (Lipinski definition) is 6. The van der Waals surface area contributed by atoms with Gasteiger partial charge < -0.3 is 15.6 Å². The topological polar surface area (TPSA) is 128 Å². The third kappa shape index (κ3) is 6.07. The average Bonchev–Trinajstić information content (AvgIpc) is 3.34. The molecular formula is C17H23F2N4O4. The van der Waals surface area contributed by atoms with Crippen LogP contribution in [-0.2, 0) is 9.59 Å². The number of halogens is 2. The van der Waals surface area contributed by atoms with Gasteiger partial charge in [-0.25, -0.2) is 8.78 Å². The molecule has 0 aliphatic heterocycles. The van der Waals surface area contributed by atoms with Crippen molar-refractivity contribution in [1.82, 2.24) is 15.5 Å². The summed E-state index contributed by atoms with van der Waals surface area (Å²) in [5, 5.41) is 6.11. The zero-order chi connectivity index (χ0) is 20.2. The highest BCUT2D eigenvalue weighted by molar-refractivity contribution is 5.99. The van der Waals surface area contributed by atoms with Gasteiger partial charge in [-0.3, -0.25) is 14.4 Å². The number of nitrogens with two attached hydrogens (primary N) is 1. The van der Waals surface area contributed by atoms with Gasteiger partial charge >= 0.3 is 0 Å². The van der Waals surface area contributed by atoms with E-state index in [4.69, 9.17) is 10.3 Å². The van der Waals surface area contributed by atoms with Gasteiger partial charge in [0.05, 0.1) is 12.5 Å². The minimum absolute atomic E-state index is 0.204. The molecule has 2 atom stereocenters. The molecule has 2 amide bonds. The van der Waals surface area contributed by atoms with Crippen molar-refractivity contribution < 1.29 is 27.7 Å². The molecule has 3 N–H and O–H groups in total. The summed E-state index contributed by atoms with van der Waals surface area (Å²) in [7, 11) is 0. The van der Waals surface area contributed by atoms with Gasteiger partial charge in [-0.05, 0) is 19.3 Å². The number of rotatable bonds is 11.